The molecule has 0 unspecified atom stereocenters. The molecule has 0 spiro atoms. The van der Waals surface area contributed by atoms with Crippen molar-refractivity contribution in [3.05, 3.63) is 35.9 Å². The lowest BCUT2D eigenvalue weighted by Gasteiger charge is -1.99. The van der Waals surface area contributed by atoms with E-state index in [1.807, 2.05) is 13.0 Å². The molecule has 2 rings (SSSR count). The minimum atomic E-state index is -0.919. The van der Waals surface area contributed by atoms with Gasteiger partial charge in [-0.15, -0.1) is 5.10 Å². The number of carboxylic acids is 1. The molecule has 0 fully saturated rings. The Morgan fingerprint density at radius 3 is 3.06 bits per heavy atom. The summed E-state index contributed by atoms with van der Waals surface area (Å²) in [6, 6.07) is 3.63. The van der Waals surface area contributed by atoms with Crippen LogP contribution in [-0.4, -0.2) is 31.1 Å². The molecule has 0 bridgehead atoms. The van der Waals surface area contributed by atoms with Gasteiger partial charge in [-0.05, 0) is 19.1 Å². The molecule has 0 aliphatic rings. The number of hydrogen-bond donors (Lipinski definition) is 1. The molecule has 0 aromatic carbocycles. The van der Waals surface area contributed by atoms with E-state index in [9.17, 15) is 4.79 Å². The summed E-state index contributed by atoms with van der Waals surface area (Å²) >= 11 is 0. The summed E-state index contributed by atoms with van der Waals surface area (Å²) in [7, 11) is 0. The molecule has 0 atom stereocenters. The first-order valence-electron chi connectivity index (χ1n) is 4.71. The third kappa shape index (κ3) is 2.22. The van der Waals surface area contributed by atoms with E-state index in [0.717, 1.165) is 11.4 Å². The zero-order valence-corrected chi connectivity index (χ0v) is 8.66. The van der Waals surface area contributed by atoms with Gasteiger partial charge in [-0.2, -0.15) is 0 Å². The fourth-order valence-electron chi connectivity index (χ4n) is 1.33. The molecule has 82 valence electrons. The zero-order chi connectivity index (χ0) is 11.5. The maximum atomic E-state index is 10.5. The van der Waals surface area contributed by atoms with Crippen molar-refractivity contribution in [1.29, 1.82) is 0 Å². The monoisotopic (exact) mass is 218 g/mol. The predicted molar refractivity (Wildman–Crippen MR) is 55.2 cm³/mol. The molecule has 0 aliphatic heterocycles. The number of pyridine rings is 1. The molecular weight excluding hydrogens is 208 g/mol. The number of carboxylic acid groups (broad SMARTS) is 1. The van der Waals surface area contributed by atoms with E-state index in [0.29, 0.717) is 5.69 Å². The minimum Gasteiger partial charge on any atom is -0.481 e. The highest BCUT2D eigenvalue weighted by atomic mass is 16.4. The van der Waals surface area contributed by atoms with Gasteiger partial charge in [0, 0.05) is 11.9 Å². The SMILES string of the molecule is Cc1cc(-n2cc(CC(=O)O)nn2)ccn1. The molecule has 6 heteroatoms. The van der Waals surface area contributed by atoms with Gasteiger partial charge in [0.1, 0.15) is 0 Å². The van der Waals surface area contributed by atoms with Crippen molar-refractivity contribution in [2.24, 2.45) is 0 Å². The van der Waals surface area contributed by atoms with Gasteiger partial charge in [-0.3, -0.25) is 9.78 Å². The van der Waals surface area contributed by atoms with Gasteiger partial charge in [0.05, 0.1) is 24.0 Å². The van der Waals surface area contributed by atoms with Crippen LogP contribution in [0.5, 0.6) is 0 Å². The highest BCUT2D eigenvalue weighted by Crippen LogP contribution is 2.07. The summed E-state index contributed by atoms with van der Waals surface area (Å²) < 4.78 is 1.53. The molecule has 0 amide bonds. The Morgan fingerprint density at radius 2 is 2.38 bits per heavy atom. The fraction of sp³-hybridized carbons (Fsp3) is 0.200. The molecule has 16 heavy (non-hydrogen) atoms. The first-order chi connectivity index (χ1) is 7.65. The second kappa shape index (κ2) is 4.09. The van der Waals surface area contributed by atoms with Crippen molar-refractivity contribution in [2.75, 3.05) is 0 Å². The number of hydrogen-bond acceptors (Lipinski definition) is 4. The maximum Gasteiger partial charge on any atom is 0.309 e. The van der Waals surface area contributed by atoms with Crippen molar-refractivity contribution >= 4 is 5.97 Å². The lowest BCUT2D eigenvalue weighted by atomic mass is 10.3. The topological polar surface area (TPSA) is 80.9 Å². The predicted octanol–water partition coefficient (Wildman–Crippen LogP) is 0.598. The number of aryl methyl sites for hydroxylation is 1. The quantitative estimate of drug-likeness (QED) is 0.815. The Balaban J connectivity index is 2.28. The van der Waals surface area contributed by atoms with Crippen LogP contribution < -0.4 is 0 Å². The molecular formula is C10H10N4O2. The summed E-state index contributed by atoms with van der Waals surface area (Å²) in [4.78, 5) is 14.5. The van der Waals surface area contributed by atoms with E-state index in [1.165, 1.54) is 4.68 Å². The van der Waals surface area contributed by atoms with Crippen LogP contribution in [0.25, 0.3) is 5.69 Å². The van der Waals surface area contributed by atoms with Crippen molar-refractivity contribution in [1.82, 2.24) is 20.0 Å². The van der Waals surface area contributed by atoms with E-state index in [1.54, 1.807) is 18.5 Å². The molecule has 0 saturated heterocycles. The molecule has 1 N–H and O–H groups in total. The number of aliphatic carboxylic acids is 1. The van der Waals surface area contributed by atoms with Crippen LogP contribution in [0.1, 0.15) is 11.4 Å². The van der Waals surface area contributed by atoms with Crippen molar-refractivity contribution < 1.29 is 9.90 Å². The average Bonchev–Trinajstić information content (AvgIpc) is 2.65. The summed E-state index contributed by atoms with van der Waals surface area (Å²) in [6.45, 7) is 1.87. The molecule has 6 nitrogen and oxygen atoms in total. The lowest BCUT2D eigenvalue weighted by Crippen LogP contribution is -2.00. The van der Waals surface area contributed by atoms with Gasteiger partial charge >= 0.3 is 5.97 Å². The highest BCUT2D eigenvalue weighted by Gasteiger charge is 2.06. The summed E-state index contributed by atoms with van der Waals surface area (Å²) in [5, 5.41) is 16.2. The van der Waals surface area contributed by atoms with Crippen LogP contribution in [0.3, 0.4) is 0 Å². The number of rotatable bonds is 3. The standard InChI is InChI=1S/C10H10N4O2/c1-7-4-9(2-3-11-7)14-6-8(12-13-14)5-10(15)16/h2-4,6H,5H2,1H3,(H,15,16). The highest BCUT2D eigenvalue weighted by molar-refractivity contribution is 5.69. The van der Waals surface area contributed by atoms with Gasteiger partial charge in [-0.1, -0.05) is 5.21 Å². The zero-order valence-electron chi connectivity index (χ0n) is 8.66. The Hall–Kier alpha value is -2.24. The van der Waals surface area contributed by atoms with Crippen LogP contribution in [0.2, 0.25) is 0 Å². The molecule has 0 aliphatic carbocycles. The fourth-order valence-corrected chi connectivity index (χ4v) is 1.33. The third-order valence-electron chi connectivity index (χ3n) is 2.02. The van der Waals surface area contributed by atoms with E-state index < -0.39 is 5.97 Å². The van der Waals surface area contributed by atoms with E-state index in [4.69, 9.17) is 5.11 Å². The molecule has 2 aromatic heterocycles. The number of nitrogens with zero attached hydrogens (tertiary/aromatic N) is 4. The maximum absolute atomic E-state index is 10.5. The summed E-state index contributed by atoms with van der Waals surface area (Å²) in [6.07, 6.45) is 3.15. The summed E-state index contributed by atoms with van der Waals surface area (Å²) in [5.41, 5.74) is 2.12. The van der Waals surface area contributed by atoms with Gasteiger partial charge < -0.3 is 5.11 Å². The smallest absolute Gasteiger partial charge is 0.309 e. The van der Waals surface area contributed by atoms with Crippen molar-refractivity contribution in [2.45, 2.75) is 13.3 Å². The minimum absolute atomic E-state index is 0.121. The first kappa shape index (κ1) is 10.3. The van der Waals surface area contributed by atoms with Crippen LogP contribution in [0.4, 0.5) is 0 Å². The molecule has 2 aromatic rings. The molecule has 0 saturated carbocycles. The van der Waals surface area contributed by atoms with Gasteiger partial charge in [0.25, 0.3) is 0 Å². The Kier molecular flexibility index (Phi) is 2.63. The van der Waals surface area contributed by atoms with Crippen LogP contribution in [0, 0.1) is 6.92 Å². The van der Waals surface area contributed by atoms with E-state index in [-0.39, 0.29) is 6.42 Å². The third-order valence-corrected chi connectivity index (χ3v) is 2.02. The number of aromatic nitrogens is 4. The van der Waals surface area contributed by atoms with E-state index >= 15 is 0 Å². The van der Waals surface area contributed by atoms with Gasteiger partial charge in [0.2, 0.25) is 0 Å². The number of carbonyl (C=O) groups is 1. The van der Waals surface area contributed by atoms with Crippen molar-refractivity contribution in [3.63, 3.8) is 0 Å². The summed E-state index contributed by atoms with van der Waals surface area (Å²) in [5.74, 6) is -0.919. The largest absolute Gasteiger partial charge is 0.481 e. The van der Waals surface area contributed by atoms with Gasteiger partial charge in [0.15, 0.2) is 0 Å². The Bertz CT molecular complexity index is 521. The van der Waals surface area contributed by atoms with Gasteiger partial charge in [-0.25, -0.2) is 4.68 Å². The Morgan fingerprint density at radius 1 is 1.56 bits per heavy atom. The van der Waals surface area contributed by atoms with Crippen LogP contribution >= 0.6 is 0 Å². The molecule has 0 radical (unpaired) electrons. The second-order valence-electron chi connectivity index (χ2n) is 3.38. The lowest BCUT2D eigenvalue weighted by molar-refractivity contribution is -0.136. The average molecular weight is 218 g/mol. The normalized spacial score (nSPS) is 10.3. The Labute approximate surface area is 91.6 Å². The first-order valence-corrected chi connectivity index (χ1v) is 4.71. The van der Waals surface area contributed by atoms with Crippen LogP contribution in [0.15, 0.2) is 24.5 Å². The molecule has 2 heterocycles. The van der Waals surface area contributed by atoms with Crippen LogP contribution in [-0.2, 0) is 11.2 Å². The van der Waals surface area contributed by atoms with Crippen molar-refractivity contribution in [3.8, 4) is 5.69 Å². The van der Waals surface area contributed by atoms with E-state index in [2.05, 4.69) is 15.3 Å². The second-order valence-corrected chi connectivity index (χ2v) is 3.38.